The Kier molecular flexibility index (Phi) is 6.33. The Morgan fingerprint density at radius 3 is 2.88 bits per heavy atom. The Morgan fingerprint density at radius 1 is 1.35 bits per heavy atom. The molecule has 0 amide bonds. The molecule has 1 aromatic carbocycles. The van der Waals surface area contributed by atoms with Crippen LogP contribution in [0, 0.1) is 0 Å². The smallest absolute Gasteiger partial charge is 0.129 e. The van der Waals surface area contributed by atoms with E-state index < -0.39 is 0 Å². The molecule has 3 heteroatoms. The molecule has 0 aliphatic carbocycles. The van der Waals surface area contributed by atoms with E-state index in [9.17, 15) is 4.79 Å². The number of methoxy groups -OCH3 is 1. The number of hydrogen-bond donors (Lipinski definition) is 1. The third-order valence-electron chi connectivity index (χ3n) is 2.61. The first-order chi connectivity index (χ1) is 8.22. The normalized spacial score (nSPS) is 10.2. The first-order valence-electron chi connectivity index (χ1n) is 6.05. The van der Waals surface area contributed by atoms with Crippen molar-refractivity contribution in [3.63, 3.8) is 0 Å². The van der Waals surface area contributed by atoms with Gasteiger partial charge in [0.15, 0.2) is 0 Å². The van der Waals surface area contributed by atoms with E-state index in [1.54, 1.807) is 14.0 Å². The summed E-state index contributed by atoms with van der Waals surface area (Å²) in [4.78, 5) is 10.7. The van der Waals surface area contributed by atoms with E-state index in [2.05, 4.69) is 17.4 Å². The van der Waals surface area contributed by atoms with Crippen molar-refractivity contribution in [1.82, 2.24) is 5.32 Å². The molecule has 0 radical (unpaired) electrons. The minimum absolute atomic E-state index is 0.264. The van der Waals surface area contributed by atoms with Crippen LogP contribution in [0.1, 0.15) is 25.3 Å². The van der Waals surface area contributed by atoms with Gasteiger partial charge in [-0.1, -0.05) is 12.1 Å². The highest BCUT2D eigenvalue weighted by molar-refractivity contribution is 5.75. The maximum Gasteiger partial charge on any atom is 0.129 e. The van der Waals surface area contributed by atoms with Crippen molar-refractivity contribution in [2.75, 3.05) is 20.2 Å². The van der Waals surface area contributed by atoms with Crippen molar-refractivity contribution in [1.29, 1.82) is 0 Å². The van der Waals surface area contributed by atoms with Crippen molar-refractivity contribution in [2.24, 2.45) is 0 Å². The van der Waals surface area contributed by atoms with Gasteiger partial charge < -0.3 is 14.8 Å². The van der Waals surface area contributed by atoms with Crippen LogP contribution in [0.25, 0.3) is 0 Å². The Labute approximate surface area is 103 Å². The summed E-state index contributed by atoms with van der Waals surface area (Å²) in [7, 11) is 1.68. The summed E-state index contributed by atoms with van der Waals surface area (Å²) in [5.74, 6) is 1.17. The van der Waals surface area contributed by atoms with Crippen LogP contribution in [0.2, 0.25) is 0 Å². The second-order valence-corrected chi connectivity index (χ2v) is 4.16. The summed E-state index contributed by atoms with van der Waals surface area (Å²) >= 11 is 0. The number of ketones is 1. The first-order valence-corrected chi connectivity index (χ1v) is 6.05. The largest absolute Gasteiger partial charge is 0.497 e. The minimum atomic E-state index is 0.264. The Morgan fingerprint density at radius 2 is 2.18 bits per heavy atom. The zero-order valence-electron chi connectivity index (χ0n) is 10.7. The fourth-order valence-electron chi connectivity index (χ4n) is 1.65. The molecule has 3 nitrogen and oxygen atoms in total. The van der Waals surface area contributed by atoms with Gasteiger partial charge >= 0.3 is 0 Å². The molecule has 0 bridgehead atoms. The fourth-order valence-corrected chi connectivity index (χ4v) is 1.65. The van der Waals surface area contributed by atoms with Gasteiger partial charge in [0.25, 0.3) is 0 Å². The van der Waals surface area contributed by atoms with Crippen LogP contribution in [-0.2, 0) is 11.2 Å². The van der Waals surface area contributed by atoms with E-state index in [0.717, 1.165) is 31.7 Å². The highest BCUT2D eigenvalue weighted by Gasteiger charge is 1.96. The second-order valence-electron chi connectivity index (χ2n) is 4.16. The molecule has 0 spiro atoms. The lowest BCUT2D eigenvalue weighted by atomic mass is 10.1. The molecule has 17 heavy (non-hydrogen) atoms. The van der Waals surface area contributed by atoms with Crippen LogP contribution >= 0.6 is 0 Å². The fraction of sp³-hybridized carbons (Fsp3) is 0.500. The van der Waals surface area contributed by atoms with Crippen LogP contribution in [-0.4, -0.2) is 26.0 Å². The van der Waals surface area contributed by atoms with Crippen LogP contribution in [0.5, 0.6) is 5.75 Å². The van der Waals surface area contributed by atoms with Crippen molar-refractivity contribution < 1.29 is 9.53 Å². The number of carbonyl (C=O) groups excluding carboxylic acids is 1. The molecule has 0 aliphatic rings. The van der Waals surface area contributed by atoms with E-state index in [-0.39, 0.29) is 5.78 Å². The van der Waals surface area contributed by atoms with Crippen molar-refractivity contribution in [2.45, 2.75) is 26.2 Å². The zero-order valence-corrected chi connectivity index (χ0v) is 10.7. The van der Waals surface area contributed by atoms with Gasteiger partial charge in [-0.3, -0.25) is 0 Å². The van der Waals surface area contributed by atoms with Gasteiger partial charge in [0.1, 0.15) is 11.5 Å². The van der Waals surface area contributed by atoms with Gasteiger partial charge in [-0.2, -0.15) is 0 Å². The predicted octanol–water partition coefficient (Wildman–Crippen LogP) is 2.20. The summed E-state index contributed by atoms with van der Waals surface area (Å²) in [6, 6.07) is 8.10. The summed E-state index contributed by atoms with van der Waals surface area (Å²) in [6.45, 7) is 3.48. The summed E-state index contributed by atoms with van der Waals surface area (Å²) < 4.78 is 5.17. The standard InChI is InChI=1S/C14H21NO2/c1-12(16)5-4-9-15-10-8-13-6-3-7-14(11-13)17-2/h3,6-7,11,15H,4-5,8-10H2,1-2H3. The third-order valence-corrected chi connectivity index (χ3v) is 2.61. The quantitative estimate of drug-likeness (QED) is 0.702. The van der Waals surface area contributed by atoms with Crippen LogP contribution in [0.4, 0.5) is 0 Å². The topological polar surface area (TPSA) is 38.3 Å². The lowest BCUT2D eigenvalue weighted by Crippen LogP contribution is -2.19. The Bertz CT molecular complexity index is 350. The number of hydrogen-bond acceptors (Lipinski definition) is 3. The van der Waals surface area contributed by atoms with Gasteiger partial charge in [0.05, 0.1) is 7.11 Å². The van der Waals surface area contributed by atoms with Gasteiger partial charge in [-0.05, 0) is 50.6 Å². The molecular weight excluding hydrogens is 214 g/mol. The monoisotopic (exact) mass is 235 g/mol. The van der Waals surface area contributed by atoms with Crippen molar-refractivity contribution >= 4 is 5.78 Å². The van der Waals surface area contributed by atoms with E-state index in [0.29, 0.717) is 6.42 Å². The zero-order chi connectivity index (χ0) is 12.5. The maximum absolute atomic E-state index is 10.7. The number of carbonyl (C=O) groups is 1. The molecule has 0 unspecified atom stereocenters. The van der Waals surface area contributed by atoms with Crippen molar-refractivity contribution in [3.8, 4) is 5.75 Å². The number of Topliss-reactive ketones (excluding diaryl/α,β-unsaturated/α-hetero) is 1. The van der Waals surface area contributed by atoms with Gasteiger partial charge in [-0.15, -0.1) is 0 Å². The molecule has 1 aromatic rings. The average Bonchev–Trinajstić information content (AvgIpc) is 2.33. The molecule has 0 heterocycles. The van der Waals surface area contributed by atoms with Gasteiger partial charge in [0.2, 0.25) is 0 Å². The molecule has 1 N–H and O–H groups in total. The molecule has 0 atom stereocenters. The van der Waals surface area contributed by atoms with Crippen LogP contribution < -0.4 is 10.1 Å². The summed E-state index contributed by atoms with van der Waals surface area (Å²) in [6.07, 6.45) is 2.58. The number of benzene rings is 1. The Balaban J connectivity index is 2.15. The molecule has 0 aliphatic heterocycles. The summed E-state index contributed by atoms with van der Waals surface area (Å²) in [5, 5.41) is 3.33. The SMILES string of the molecule is COc1cccc(CCNCCCC(C)=O)c1. The second kappa shape index (κ2) is 7.85. The Hall–Kier alpha value is -1.35. The number of rotatable bonds is 8. The van der Waals surface area contributed by atoms with E-state index in [1.807, 2.05) is 12.1 Å². The molecular formula is C14H21NO2. The van der Waals surface area contributed by atoms with Crippen LogP contribution in [0.15, 0.2) is 24.3 Å². The van der Waals surface area contributed by atoms with E-state index in [1.165, 1.54) is 5.56 Å². The molecule has 0 aromatic heterocycles. The highest BCUT2D eigenvalue weighted by atomic mass is 16.5. The molecule has 0 saturated carbocycles. The van der Waals surface area contributed by atoms with E-state index in [4.69, 9.17) is 4.74 Å². The van der Waals surface area contributed by atoms with Crippen LogP contribution in [0.3, 0.4) is 0 Å². The van der Waals surface area contributed by atoms with E-state index >= 15 is 0 Å². The predicted molar refractivity (Wildman–Crippen MR) is 69.5 cm³/mol. The van der Waals surface area contributed by atoms with Gasteiger partial charge in [0, 0.05) is 6.42 Å². The van der Waals surface area contributed by atoms with Crippen molar-refractivity contribution in [3.05, 3.63) is 29.8 Å². The highest BCUT2D eigenvalue weighted by Crippen LogP contribution is 2.12. The van der Waals surface area contributed by atoms with Gasteiger partial charge in [-0.25, -0.2) is 0 Å². The minimum Gasteiger partial charge on any atom is -0.497 e. The average molecular weight is 235 g/mol. The number of nitrogens with one attached hydrogen (secondary N) is 1. The molecule has 0 fully saturated rings. The molecule has 0 saturated heterocycles. The summed E-state index contributed by atoms with van der Waals surface area (Å²) in [5.41, 5.74) is 1.27. The number of ether oxygens (including phenoxy) is 1. The third kappa shape index (κ3) is 6.07. The first kappa shape index (κ1) is 13.7. The molecule has 94 valence electrons. The lowest BCUT2D eigenvalue weighted by molar-refractivity contribution is -0.117. The lowest BCUT2D eigenvalue weighted by Gasteiger charge is -2.06. The molecule has 1 rings (SSSR count). The maximum atomic E-state index is 10.7.